The van der Waals surface area contributed by atoms with E-state index in [0.29, 0.717) is 12.3 Å². The highest BCUT2D eigenvalue weighted by Gasteiger charge is 2.18. The van der Waals surface area contributed by atoms with E-state index in [4.69, 9.17) is 5.14 Å². The van der Waals surface area contributed by atoms with Crippen LogP contribution in [0.4, 0.5) is 11.4 Å². The van der Waals surface area contributed by atoms with Crippen molar-refractivity contribution in [2.75, 3.05) is 17.6 Å². The normalized spacial score (nSPS) is 11.2. The van der Waals surface area contributed by atoms with Gasteiger partial charge in [-0.1, -0.05) is 0 Å². The second-order valence-corrected chi connectivity index (χ2v) is 7.17. The molecule has 0 aliphatic carbocycles. The highest BCUT2D eigenvalue weighted by atomic mass is 32.2. The van der Waals surface area contributed by atoms with Gasteiger partial charge in [-0.3, -0.25) is 15.1 Å². The number of hydrogen-bond acceptors (Lipinski definition) is 7. The van der Waals surface area contributed by atoms with Crippen LogP contribution in [0.5, 0.6) is 0 Å². The Hall–Kier alpha value is -2.17. The third-order valence-electron chi connectivity index (χ3n) is 2.83. The average molecular weight is 354 g/mol. The van der Waals surface area contributed by atoms with Gasteiger partial charge in [-0.2, -0.15) is 0 Å². The average Bonchev–Trinajstić information content (AvgIpc) is 2.51. The standard InChI is InChI=1S/C13H14N4O4S2/c14-23(20,21)11-1-2-12(13(9-11)17(18)19)16-7-8-22-10-3-5-15-6-4-10/h1-6,9,16H,7-8H2,(H2,14,20,21). The number of pyridine rings is 1. The molecule has 10 heteroatoms. The Morgan fingerprint density at radius 3 is 2.57 bits per heavy atom. The largest absolute Gasteiger partial charge is 0.379 e. The van der Waals surface area contributed by atoms with Gasteiger partial charge in [0.2, 0.25) is 10.0 Å². The number of nitro groups is 1. The zero-order chi connectivity index (χ0) is 16.9. The Morgan fingerprint density at radius 1 is 1.26 bits per heavy atom. The van der Waals surface area contributed by atoms with Crippen molar-refractivity contribution in [1.82, 2.24) is 4.98 Å². The topological polar surface area (TPSA) is 128 Å². The molecule has 8 nitrogen and oxygen atoms in total. The quantitative estimate of drug-likeness (QED) is 0.336. The maximum Gasteiger partial charge on any atom is 0.293 e. The number of nitro benzene ring substituents is 1. The molecular weight excluding hydrogens is 340 g/mol. The summed E-state index contributed by atoms with van der Waals surface area (Å²) >= 11 is 1.57. The van der Waals surface area contributed by atoms with E-state index in [9.17, 15) is 18.5 Å². The molecule has 1 aromatic heterocycles. The molecule has 0 spiro atoms. The van der Waals surface area contributed by atoms with Crippen molar-refractivity contribution in [2.24, 2.45) is 5.14 Å². The number of thioether (sulfide) groups is 1. The minimum Gasteiger partial charge on any atom is -0.379 e. The Balaban J connectivity index is 2.03. The number of benzene rings is 1. The number of primary sulfonamides is 1. The van der Waals surface area contributed by atoms with E-state index in [0.717, 1.165) is 11.0 Å². The summed E-state index contributed by atoms with van der Waals surface area (Å²) in [5.41, 5.74) is -0.0804. The summed E-state index contributed by atoms with van der Waals surface area (Å²) < 4.78 is 22.5. The lowest BCUT2D eigenvalue weighted by atomic mass is 10.2. The Labute approximate surface area is 137 Å². The van der Waals surface area contributed by atoms with Crippen LogP contribution < -0.4 is 10.5 Å². The number of nitrogens with zero attached hydrogens (tertiary/aromatic N) is 2. The van der Waals surface area contributed by atoms with E-state index in [1.54, 1.807) is 24.2 Å². The number of sulfonamides is 1. The van der Waals surface area contributed by atoms with Gasteiger partial charge in [-0.15, -0.1) is 11.8 Å². The van der Waals surface area contributed by atoms with E-state index in [1.807, 2.05) is 12.1 Å². The van der Waals surface area contributed by atoms with E-state index < -0.39 is 14.9 Å². The third-order valence-corrected chi connectivity index (χ3v) is 4.76. The Morgan fingerprint density at radius 2 is 1.96 bits per heavy atom. The van der Waals surface area contributed by atoms with Crippen molar-refractivity contribution in [1.29, 1.82) is 0 Å². The van der Waals surface area contributed by atoms with Gasteiger partial charge in [-0.05, 0) is 24.3 Å². The minimum atomic E-state index is -3.98. The molecule has 1 heterocycles. The van der Waals surface area contributed by atoms with Crippen molar-refractivity contribution in [3.63, 3.8) is 0 Å². The first kappa shape index (κ1) is 17.2. The van der Waals surface area contributed by atoms with Gasteiger partial charge in [0.15, 0.2) is 0 Å². The molecule has 0 bridgehead atoms. The highest BCUT2D eigenvalue weighted by molar-refractivity contribution is 7.99. The van der Waals surface area contributed by atoms with Crippen LogP contribution in [0.3, 0.4) is 0 Å². The van der Waals surface area contributed by atoms with Gasteiger partial charge in [0.1, 0.15) is 5.69 Å². The van der Waals surface area contributed by atoms with Gasteiger partial charge in [0.05, 0.1) is 9.82 Å². The maximum absolute atomic E-state index is 11.3. The fourth-order valence-corrected chi connectivity index (χ4v) is 3.07. The molecule has 0 amide bonds. The summed E-state index contributed by atoms with van der Waals surface area (Å²) in [7, 11) is -3.98. The van der Waals surface area contributed by atoms with Crippen molar-refractivity contribution in [3.05, 3.63) is 52.8 Å². The second kappa shape index (κ2) is 7.40. The van der Waals surface area contributed by atoms with E-state index in [2.05, 4.69) is 10.3 Å². The van der Waals surface area contributed by atoms with E-state index >= 15 is 0 Å². The maximum atomic E-state index is 11.3. The number of anilines is 1. The summed E-state index contributed by atoms with van der Waals surface area (Å²) in [6.07, 6.45) is 3.37. The zero-order valence-corrected chi connectivity index (χ0v) is 13.5. The van der Waals surface area contributed by atoms with E-state index in [1.165, 1.54) is 12.1 Å². The molecule has 0 atom stereocenters. The van der Waals surface area contributed by atoms with Crippen LogP contribution in [-0.2, 0) is 10.0 Å². The number of nitrogens with one attached hydrogen (secondary N) is 1. The summed E-state index contributed by atoms with van der Waals surface area (Å²) in [5.74, 6) is 0.679. The first-order valence-corrected chi connectivity index (χ1v) is 8.99. The molecule has 2 aromatic rings. The first-order chi connectivity index (χ1) is 10.9. The summed E-state index contributed by atoms with van der Waals surface area (Å²) in [6, 6.07) is 7.27. The summed E-state index contributed by atoms with van der Waals surface area (Å²) in [6.45, 7) is 0.475. The van der Waals surface area contributed by atoms with Gasteiger partial charge in [0.25, 0.3) is 5.69 Å². The van der Waals surface area contributed by atoms with Crippen LogP contribution in [-0.4, -0.2) is 30.6 Å². The van der Waals surface area contributed by atoms with Crippen LogP contribution in [0, 0.1) is 10.1 Å². The van der Waals surface area contributed by atoms with Gasteiger partial charge in [0, 0.05) is 35.7 Å². The zero-order valence-electron chi connectivity index (χ0n) is 11.9. The van der Waals surface area contributed by atoms with Crippen LogP contribution >= 0.6 is 11.8 Å². The van der Waals surface area contributed by atoms with Crippen molar-refractivity contribution in [2.45, 2.75) is 9.79 Å². The number of hydrogen-bond donors (Lipinski definition) is 2. The van der Waals surface area contributed by atoms with Gasteiger partial charge in [-0.25, -0.2) is 13.6 Å². The van der Waals surface area contributed by atoms with Crippen molar-refractivity contribution in [3.8, 4) is 0 Å². The molecule has 3 N–H and O–H groups in total. The number of nitrogens with two attached hydrogens (primary N) is 1. The Bertz CT molecular complexity index is 797. The molecule has 0 saturated heterocycles. The molecule has 0 radical (unpaired) electrons. The SMILES string of the molecule is NS(=O)(=O)c1ccc(NCCSc2ccncc2)c([N+](=O)[O-])c1. The summed E-state index contributed by atoms with van der Waals surface area (Å²) in [5, 5.41) is 19.0. The lowest BCUT2D eigenvalue weighted by molar-refractivity contribution is -0.384. The predicted molar refractivity (Wildman–Crippen MR) is 87.9 cm³/mol. The van der Waals surface area contributed by atoms with Gasteiger partial charge >= 0.3 is 0 Å². The lowest BCUT2D eigenvalue weighted by Gasteiger charge is -2.08. The second-order valence-electron chi connectivity index (χ2n) is 4.44. The van der Waals surface area contributed by atoms with Crippen LogP contribution in [0.2, 0.25) is 0 Å². The van der Waals surface area contributed by atoms with Crippen LogP contribution in [0.1, 0.15) is 0 Å². The molecule has 0 saturated carbocycles. The van der Waals surface area contributed by atoms with Crippen molar-refractivity contribution < 1.29 is 13.3 Å². The molecule has 0 fully saturated rings. The highest BCUT2D eigenvalue weighted by Crippen LogP contribution is 2.27. The number of aromatic nitrogens is 1. The first-order valence-electron chi connectivity index (χ1n) is 6.46. The lowest BCUT2D eigenvalue weighted by Crippen LogP contribution is -2.13. The molecule has 2 rings (SSSR count). The van der Waals surface area contributed by atoms with Gasteiger partial charge < -0.3 is 5.32 Å². The monoisotopic (exact) mass is 354 g/mol. The molecule has 0 unspecified atom stereocenters. The molecule has 122 valence electrons. The van der Waals surface area contributed by atoms with E-state index in [-0.39, 0.29) is 16.3 Å². The Kier molecular flexibility index (Phi) is 5.53. The molecule has 23 heavy (non-hydrogen) atoms. The predicted octanol–water partition coefficient (Wildman–Crippen LogP) is 1.84. The summed E-state index contributed by atoms with van der Waals surface area (Å²) in [4.78, 5) is 15.1. The molecule has 1 aromatic carbocycles. The molecular formula is C13H14N4O4S2. The van der Waals surface area contributed by atoms with Crippen molar-refractivity contribution >= 4 is 33.2 Å². The van der Waals surface area contributed by atoms with Crippen LogP contribution in [0.15, 0.2) is 52.5 Å². The minimum absolute atomic E-state index is 0.248. The number of rotatable bonds is 7. The third kappa shape index (κ3) is 4.91. The smallest absolute Gasteiger partial charge is 0.293 e. The fourth-order valence-electron chi connectivity index (χ4n) is 1.78. The molecule has 0 aliphatic heterocycles. The van der Waals surface area contributed by atoms with Crippen LogP contribution in [0.25, 0.3) is 0 Å². The molecule has 0 aliphatic rings. The fraction of sp³-hybridized carbons (Fsp3) is 0.154.